The van der Waals surface area contributed by atoms with Crippen molar-refractivity contribution in [1.82, 2.24) is 19.9 Å². The van der Waals surface area contributed by atoms with Gasteiger partial charge in [0, 0.05) is 29.1 Å². The quantitative estimate of drug-likeness (QED) is 0.399. The second kappa shape index (κ2) is 5.83. The maximum Gasteiger partial charge on any atom is 0.140 e. The van der Waals surface area contributed by atoms with E-state index in [1.54, 1.807) is 24.7 Å². The molecule has 126 valence electrons. The molecule has 0 saturated carbocycles. The number of H-pyrrole nitrogens is 1. The van der Waals surface area contributed by atoms with Gasteiger partial charge in [-0.1, -0.05) is 29.3 Å². The van der Waals surface area contributed by atoms with Crippen molar-refractivity contribution in [3.8, 4) is 33.9 Å². The van der Waals surface area contributed by atoms with Crippen molar-refractivity contribution in [2.24, 2.45) is 0 Å². The number of anilines is 2. The number of halogens is 2. The van der Waals surface area contributed by atoms with Crippen LogP contribution < -0.4 is 5.32 Å². The van der Waals surface area contributed by atoms with Crippen LogP contribution in [0.3, 0.4) is 0 Å². The molecule has 0 aliphatic carbocycles. The zero-order valence-electron chi connectivity index (χ0n) is 13.3. The summed E-state index contributed by atoms with van der Waals surface area (Å²) in [6.07, 6.45) is 5.27. The summed E-state index contributed by atoms with van der Waals surface area (Å²) in [5.41, 5.74) is 5.16. The van der Waals surface area contributed by atoms with Gasteiger partial charge in [-0.3, -0.25) is 4.98 Å². The summed E-state index contributed by atoms with van der Waals surface area (Å²) < 4.78 is 0. The zero-order chi connectivity index (χ0) is 17.7. The molecule has 0 radical (unpaired) electrons. The Labute approximate surface area is 159 Å². The highest BCUT2D eigenvalue weighted by atomic mass is 35.5. The van der Waals surface area contributed by atoms with Gasteiger partial charge in [0.05, 0.1) is 27.6 Å². The molecule has 0 atom stereocenters. The van der Waals surface area contributed by atoms with Crippen molar-refractivity contribution in [3.63, 3.8) is 0 Å². The Morgan fingerprint density at radius 1 is 0.885 bits per heavy atom. The summed E-state index contributed by atoms with van der Waals surface area (Å²) >= 11 is 12.6. The standard InChI is InChI=1S/C19H11Cl2N5/c20-13-5-1-3-11(15(13)21)19-25-16-10-6-8-22-9-14(10)24-18-12(17(16)26-19)4-2-7-23-18/h1-9H,(H,23,24)(H,25,26). The third-order valence-corrected chi connectivity index (χ3v) is 5.14. The molecule has 0 spiro atoms. The molecular formula is C19H11Cl2N5. The third kappa shape index (κ3) is 2.29. The van der Waals surface area contributed by atoms with Gasteiger partial charge in [-0.2, -0.15) is 0 Å². The van der Waals surface area contributed by atoms with E-state index in [9.17, 15) is 0 Å². The summed E-state index contributed by atoms with van der Waals surface area (Å²) in [5.74, 6) is 1.39. The van der Waals surface area contributed by atoms with Crippen molar-refractivity contribution in [2.45, 2.75) is 0 Å². The third-order valence-electron chi connectivity index (χ3n) is 4.32. The predicted octanol–water partition coefficient (Wildman–Crippen LogP) is 5.56. The van der Waals surface area contributed by atoms with Gasteiger partial charge >= 0.3 is 0 Å². The monoisotopic (exact) mass is 379 g/mol. The van der Waals surface area contributed by atoms with Gasteiger partial charge in [-0.15, -0.1) is 0 Å². The van der Waals surface area contributed by atoms with Crippen molar-refractivity contribution in [1.29, 1.82) is 0 Å². The highest BCUT2D eigenvalue weighted by molar-refractivity contribution is 6.43. The molecule has 4 heterocycles. The maximum absolute atomic E-state index is 6.40. The van der Waals surface area contributed by atoms with Crippen molar-refractivity contribution in [2.75, 3.05) is 5.32 Å². The number of aromatic amines is 1. The van der Waals surface area contributed by atoms with Gasteiger partial charge in [-0.25, -0.2) is 9.97 Å². The molecule has 1 aromatic carbocycles. The number of nitrogens with zero attached hydrogens (tertiary/aromatic N) is 3. The van der Waals surface area contributed by atoms with Crippen LogP contribution in [-0.2, 0) is 0 Å². The molecule has 7 heteroatoms. The van der Waals surface area contributed by atoms with E-state index in [4.69, 9.17) is 28.2 Å². The molecule has 2 N–H and O–H groups in total. The first-order valence-corrected chi connectivity index (χ1v) is 8.69. The first-order chi connectivity index (χ1) is 12.7. The summed E-state index contributed by atoms with van der Waals surface area (Å²) in [4.78, 5) is 16.9. The molecule has 0 unspecified atom stereocenters. The first kappa shape index (κ1) is 15.4. The van der Waals surface area contributed by atoms with Crippen molar-refractivity contribution < 1.29 is 0 Å². The van der Waals surface area contributed by atoms with E-state index in [-0.39, 0.29) is 0 Å². The van der Waals surface area contributed by atoms with E-state index < -0.39 is 0 Å². The first-order valence-electron chi connectivity index (χ1n) is 7.93. The number of hydrogen-bond acceptors (Lipinski definition) is 4. The molecule has 0 bridgehead atoms. The molecule has 26 heavy (non-hydrogen) atoms. The molecule has 0 saturated heterocycles. The van der Waals surface area contributed by atoms with Gasteiger partial charge in [-0.05, 0) is 30.3 Å². The highest BCUT2D eigenvalue weighted by Gasteiger charge is 2.24. The van der Waals surface area contributed by atoms with Crippen molar-refractivity contribution >= 4 is 34.7 Å². The maximum atomic E-state index is 6.40. The molecular weight excluding hydrogens is 369 g/mol. The Morgan fingerprint density at radius 2 is 1.77 bits per heavy atom. The Kier molecular flexibility index (Phi) is 3.45. The Bertz CT molecular complexity index is 1090. The number of nitrogens with one attached hydrogen (secondary N) is 2. The second-order valence-corrected chi connectivity index (χ2v) is 6.64. The topological polar surface area (TPSA) is 66.5 Å². The van der Waals surface area contributed by atoms with Crippen LogP contribution in [0.1, 0.15) is 0 Å². The second-order valence-electron chi connectivity index (χ2n) is 5.86. The number of benzene rings is 1. The molecule has 3 aromatic heterocycles. The number of rotatable bonds is 1. The smallest absolute Gasteiger partial charge is 0.140 e. The minimum absolute atomic E-state index is 0.470. The lowest BCUT2D eigenvalue weighted by Gasteiger charge is -2.08. The van der Waals surface area contributed by atoms with Crippen LogP contribution in [0.15, 0.2) is 55.0 Å². The van der Waals surface area contributed by atoms with Crippen LogP contribution in [0.4, 0.5) is 11.5 Å². The number of imidazole rings is 1. The minimum atomic E-state index is 0.470. The van der Waals surface area contributed by atoms with Gasteiger partial charge in [0.15, 0.2) is 0 Å². The fourth-order valence-electron chi connectivity index (χ4n) is 3.11. The van der Waals surface area contributed by atoms with Crippen LogP contribution in [0.5, 0.6) is 0 Å². The largest absolute Gasteiger partial charge is 0.338 e. The number of fused-ring (bicyclic) bond motifs is 5. The SMILES string of the molecule is Clc1cccc(-c2nc3c([nH]2)-c2ccncc2Nc2ncccc2-3)c1Cl. The molecule has 1 aliphatic heterocycles. The Balaban J connectivity index is 1.82. The highest BCUT2D eigenvalue weighted by Crippen LogP contribution is 2.43. The van der Waals surface area contributed by atoms with E-state index in [1.807, 2.05) is 30.3 Å². The molecule has 0 fully saturated rings. The van der Waals surface area contributed by atoms with Crippen LogP contribution in [-0.4, -0.2) is 19.9 Å². The summed E-state index contributed by atoms with van der Waals surface area (Å²) in [6, 6.07) is 11.3. The Morgan fingerprint density at radius 3 is 2.69 bits per heavy atom. The Hall–Kier alpha value is -2.89. The van der Waals surface area contributed by atoms with Gasteiger partial charge in [0.1, 0.15) is 17.3 Å². The van der Waals surface area contributed by atoms with E-state index in [2.05, 4.69) is 20.3 Å². The fourth-order valence-corrected chi connectivity index (χ4v) is 3.50. The van der Waals surface area contributed by atoms with Gasteiger partial charge < -0.3 is 10.3 Å². The summed E-state index contributed by atoms with van der Waals surface area (Å²) in [7, 11) is 0. The van der Waals surface area contributed by atoms with E-state index in [0.29, 0.717) is 15.9 Å². The average Bonchev–Trinajstić information content (AvgIpc) is 3.04. The molecule has 4 aromatic rings. The van der Waals surface area contributed by atoms with Gasteiger partial charge in [0.2, 0.25) is 0 Å². The lowest BCUT2D eigenvalue weighted by atomic mass is 10.1. The zero-order valence-corrected chi connectivity index (χ0v) is 14.8. The van der Waals surface area contributed by atoms with Crippen LogP contribution in [0.2, 0.25) is 10.0 Å². The number of hydrogen-bond donors (Lipinski definition) is 2. The van der Waals surface area contributed by atoms with E-state index >= 15 is 0 Å². The molecule has 1 aliphatic rings. The average molecular weight is 380 g/mol. The minimum Gasteiger partial charge on any atom is -0.338 e. The predicted molar refractivity (Wildman–Crippen MR) is 104 cm³/mol. The summed E-state index contributed by atoms with van der Waals surface area (Å²) in [5, 5.41) is 4.29. The van der Waals surface area contributed by atoms with Crippen LogP contribution in [0.25, 0.3) is 33.9 Å². The van der Waals surface area contributed by atoms with Gasteiger partial charge in [0.25, 0.3) is 0 Å². The summed E-state index contributed by atoms with van der Waals surface area (Å²) in [6.45, 7) is 0. The van der Waals surface area contributed by atoms with Crippen molar-refractivity contribution in [3.05, 3.63) is 65.0 Å². The fraction of sp³-hybridized carbons (Fsp3) is 0. The lowest BCUT2D eigenvalue weighted by Crippen LogP contribution is -1.95. The van der Waals surface area contributed by atoms with Crippen LogP contribution >= 0.6 is 23.2 Å². The lowest BCUT2D eigenvalue weighted by molar-refractivity contribution is 1.26. The number of aromatic nitrogens is 4. The van der Waals surface area contributed by atoms with E-state index in [0.717, 1.165) is 39.6 Å². The van der Waals surface area contributed by atoms with E-state index in [1.165, 1.54) is 0 Å². The molecule has 5 rings (SSSR count). The number of pyridine rings is 2. The molecule has 0 amide bonds. The normalized spacial score (nSPS) is 11.8. The van der Waals surface area contributed by atoms with Crippen LogP contribution in [0, 0.1) is 0 Å². The molecule has 5 nitrogen and oxygen atoms in total.